The number of allylic oxidation sites excluding steroid dienone is 3. The number of rotatable bonds is 5. The van der Waals surface area contributed by atoms with Gasteiger partial charge in [0, 0.05) is 0 Å². The largest absolute Gasteiger partial charge is 0.133 e. The lowest BCUT2D eigenvalue weighted by Crippen LogP contribution is -1.67. The van der Waals surface area contributed by atoms with Crippen LogP contribution in [0, 0.1) is 0 Å². The molecular weight excluding hydrogens is 120 g/mol. The normalized spacial score (nSPS) is 9.70. The third-order valence-corrected chi connectivity index (χ3v) is 1.27. The second-order valence-electron chi connectivity index (χ2n) is 2.22. The van der Waals surface area contributed by atoms with E-state index in [0.717, 1.165) is 12.8 Å². The van der Waals surface area contributed by atoms with Crippen LogP contribution in [-0.2, 0) is 0 Å². The summed E-state index contributed by atoms with van der Waals surface area (Å²) in [6, 6.07) is 0. The summed E-state index contributed by atoms with van der Waals surface area (Å²) in [4.78, 5) is 0. The molecule has 0 atom stereocenters. The summed E-state index contributed by atoms with van der Waals surface area (Å²) in [7, 11) is 0. The van der Waals surface area contributed by atoms with Gasteiger partial charge in [0.15, 0.2) is 0 Å². The van der Waals surface area contributed by atoms with E-state index >= 15 is 0 Å². The molecule has 0 aliphatic heterocycles. The molecule has 0 aliphatic rings. The molecule has 0 rings (SSSR count). The van der Waals surface area contributed by atoms with E-state index in [4.69, 9.17) is 0 Å². The summed E-state index contributed by atoms with van der Waals surface area (Å²) < 4.78 is 0. The van der Waals surface area contributed by atoms with Gasteiger partial charge in [-0.15, -0.1) is 5.73 Å². The van der Waals surface area contributed by atoms with Crippen LogP contribution in [0.3, 0.4) is 0 Å². The Balaban J connectivity index is 3.04. The van der Waals surface area contributed by atoms with E-state index in [9.17, 15) is 0 Å². The van der Waals surface area contributed by atoms with Gasteiger partial charge in [-0.3, -0.25) is 0 Å². The van der Waals surface area contributed by atoms with Gasteiger partial charge < -0.3 is 0 Å². The summed E-state index contributed by atoms with van der Waals surface area (Å²) in [5, 5.41) is 0. The molecule has 0 heteroatoms. The summed E-state index contributed by atoms with van der Waals surface area (Å²) >= 11 is 0. The lowest BCUT2D eigenvalue weighted by molar-refractivity contribution is 0.866. The third-order valence-electron chi connectivity index (χ3n) is 1.27. The molecule has 0 unspecified atom stereocenters. The van der Waals surface area contributed by atoms with Gasteiger partial charge in [-0.25, -0.2) is 0 Å². The quantitative estimate of drug-likeness (QED) is 0.308. The Morgan fingerprint density at radius 1 is 1.30 bits per heavy atom. The summed E-state index contributed by atoms with van der Waals surface area (Å²) in [5.41, 5.74) is 2.76. The maximum absolute atomic E-state index is 3.50. The van der Waals surface area contributed by atoms with Crippen molar-refractivity contribution in [1.29, 1.82) is 0 Å². The van der Waals surface area contributed by atoms with Crippen molar-refractivity contribution >= 4 is 0 Å². The van der Waals surface area contributed by atoms with E-state index in [0.29, 0.717) is 0 Å². The Morgan fingerprint density at radius 3 is 2.70 bits per heavy atom. The fraction of sp³-hybridized carbons (Fsp3) is 0.500. The van der Waals surface area contributed by atoms with Gasteiger partial charge in [-0.2, -0.15) is 0 Å². The zero-order chi connectivity index (χ0) is 7.66. The van der Waals surface area contributed by atoms with Crippen molar-refractivity contribution < 1.29 is 0 Å². The first-order chi connectivity index (χ1) is 4.91. The monoisotopic (exact) mass is 136 g/mol. The van der Waals surface area contributed by atoms with Crippen LogP contribution in [-0.4, -0.2) is 0 Å². The van der Waals surface area contributed by atoms with E-state index in [-0.39, 0.29) is 0 Å². The molecular formula is C10H16. The number of hydrogen-bond donors (Lipinski definition) is 0. The topological polar surface area (TPSA) is 0 Å². The summed E-state index contributed by atoms with van der Waals surface area (Å²) in [6.45, 7) is 5.65. The average molecular weight is 136 g/mol. The van der Waals surface area contributed by atoms with Crippen LogP contribution < -0.4 is 0 Å². The Hall–Kier alpha value is -0.740. The molecule has 0 aromatic rings. The van der Waals surface area contributed by atoms with Crippen LogP contribution >= 0.6 is 0 Å². The fourth-order valence-corrected chi connectivity index (χ4v) is 0.724. The first-order valence-electron chi connectivity index (χ1n) is 3.91. The average Bonchev–Trinajstić information content (AvgIpc) is 1.97. The second kappa shape index (κ2) is 8.26. The van der Waals surface area contributed by atoms with Crippen LogP contribution in [0.4, 0.5) is 0 Å². The highest BCUT2D eigenvalue weighted by Crippen LogP contribution is 1.97. The standard InChI is InChI=1S/C10H16/c1-3-5-7-9-10-8-6-4-2/h5-6,8H,1,4,7,9-10H2,2H3/b8-6-. The van der Waals surface area contributed by atoms with E-state index in [1.54, 1.807) is 0 Å². The van der Waals surface area contributed by atoms with Crippen LogP contribution in [0.1, 0.15) is 32.6 Å². The molecule has 0 fully saturated rings. The van der Waals surface area contributed by atoms with Gasteiger partial charge in [-0.05, 0) is 31.8 Å². The smallest absolute Gasteiger partial charge is 0.0272 e. The minimum atomic E-state index is 1.11. The zero-order valence-corrected chi connectivity index (χ0v) is 6.77. The molecule has 56 valence electrons. The SMILES string of the molecule is C=C=CCCC/C=C\CC. The van der Waals surface area contributed by atoms with Crippen molar-refractivity contribution in [2.75, 3.05) is 0 Å². The van der Waals surface area contributed by atoms with Crippen LogP contribution in [0.15, 0.2) is 30.5 Å². The second-order valence-corrected chi connectivity index (χ2v) is 2.22. The molecule has 0 saturated heterocycles. The summed E-state index contributed by atoms with van der Waals surface area (Å²) in [6.07, 6.45) is 11.1. The first kappa shape index (κ1) is 9.26. The molecule has 0 spiro atoms. The van der Waals surface area contributed by atoms with Crippen LogP contribution in [0.2, 0.25) is 0 Å². The maximum atomic E-state index is 3.50. The van der Waals surface area contributed by atoms with Gasteiger partial charge in [0.05, 0.1) is 0 Å². The van der Waals surface area contributed by atoms with Crippen molar-refractivity contribution in [3.63, 3.8) is 0 Å². The number of unbranched alkanes of at least 4 members (excludes halogenated alkanes) is 2. The summed E-state index contributed by atoms with van der Waals surface area (Å²) in [5.74, 6) is 0. The molecule has 0 heterocycles. The molecule has 0 nitrogen and oxygen atoms in total. The molecule has 0 saturated carbocycles. The predicted octanol–water partition coefficient (Wildman–Crippen LogP) is 3.46. The molecule has 0 amide bonds. The highest BCUT2D eigenvalue weighted by Gasteiger charge is 1.77. The fourth-order valence-electron chi connectivity index (χ4n) is 0.724. The van der Waals surface area contributed by atoms with Gasteiger partial charge in [-0.1, -0.05) is 25.7 Å². The Morgan fingerprint density at radius 2 is 2.10 bits per heavy atom. The highest BCUT2D eigenvalue weighted by atomic mass is 13.8. The van der Waals surface area contributed by atoms with Crippen molar-refractivity contribution in [3.05, 3.63) is 30.5 Å². The molecule has 0 bridgehead atoms. The van der Waals surface area contributed by atoms with Crippen molar-refractivity contribution in [2.24, 2.45) is 0 Å². The predicted molar refractivity (Wildman–Crippen MR) is 47.0 cm³/mol. The molecule has 0 aliphatic carbocycles. The van der Waals surface area contributed by atoms with E-state index in [1.165, 1.54) is 12.8 Å². The Kier molecular flexibility index (Phi) is 7.65. The van der Waals surface area contributed by atoms with Gasteiger partial charge in [0.25, 0.3) is 0 Å². The van der Waals surface area contributed by atoms with Gasteiger partial charge in [0.2, 0.25) is 0 Å². The maximum Gasteiger partial charge on any atom is -0.0272 e. The molecule has 0 aromatic carbocycles. The van der Waals surface area contributed by atoms with E-state index in [1.807, 2.05) is 6.08 Å². The van der Waals surface area contributed by atoms with Gasteiger partial charge in [0.1, 0.15) is 0 Å². The molecule has 0 N–H and O–H groups in total. The van der Waals surface area contributed by atoms with Crippen LogP contribution in [0.5, 0.6) is 0 Å². The van der Waals surface area contributed by atoms with E-state index < -0.39 is 0 Å². The minimum absolute atomic E-state index is 1.11. The van der Waals surface area contributed by atoms with Crippen molar-refractivity contribution in [3.8, 4) is 0 Å². The minimum Gasteiger partial charge on any atom is -0.133 e. The Bertz CT molecular complexity index is 125. The lowest BCUT2D eigenvalue weighted by atomic mass is 10.2. The molecule has 0 aromatic heterocycles. The van der Waals surface area contributed by atoms with E-state index in [2.05, 4.69) is 31.4 Å². The lowest BCUT2D eigenvalue weighted by Gasteiger charge is -1.86. The molecule has 10 heavy (non-hydrogen) atoms. The van der Waals surface area contributed by atoms with Crippen LogP contribution in [0.25, 0.3) is 0 Å². The van der Waals surface area contributed by atoms with Crippen molar-refractivity contribution in [2.45, 2.75) is 32.6 Å². The zero-order valence-electron chi connectivity index (χ0n) is 6.77. The van der Waals surface area contributed by atoms with Gasteiger partial charge >= 0.3 is 0 Å². The third kappa shape index (κ3) is 7.26. The first-order valence-corrected chi connectivity index (χ1v) is 3.91. The Labute approximate surface area is 64.0 Å². The number of hydrogen-bond acceptors (Lipinski definition) is 0. The van der Waals surface area contributed by atoms with Crippen molar-refractivity contribution in [1.82, 2.24) is 0 Å². The molecule has 0 radical (unpaired) electrons. The highest BCUT2D eigenvalue weighted by molar-refractivity contribution is 4.82.